The number of halogens is 1. The maximum atomic E-state index is 14.1. The fraction of sp³-hybridized carbons (Fsp3) is 0.389. The van der Waals surface area contributed by atoms with Crippen molar-refractivity contribution in [3.63, 3.8) is 0 Å². The van der Waals surface area contributed by atoms with Gasteiger partial charge in [0, 0.05) is 12.6 Å². The second-order valence-electron chi connectivity index (χ2n) is 6.10. The lowest BCUT2D eigenvalue weighted by atomic mass is 9.92. The predicted molar refractivity (Wildman–Crippen MR) is 89.4 cm³/mol. The van der Waals surface area contributed by atoms with Gasteiger partial charge in [-0.25, -0.2) is 4.39 Å². The molecule has 3 rings (SSSR count). The molecule has 1 fully saturated rings. The second-order valence-corrected chi connectivity index (χ2v) is 6.10. The highest BCUT2D eigenvalue weighted by Gasteiger charge is 2.29. The van der Waals surface area contributed by atoms with Crippen LogP contribution in [0.3, 0.4) is 0 Å². The number of rotatable bonds is 3. The normalized spacial score (nSPS) is 20.4. The number of nitrogens with zero attached hydrogens (tertiary/aromatic N) is 4. The molecule has 6 heteroatoms. The Morgan fingerprint density at radius 2 is 2.00 bits per heavy atom. The number of anilines is 1. The van der Waals surface area contributed by atoms with Crippen LogP contribution in [0.2, 0.25) is 0 Å². The Balaban J connectivity index is 1.82. The lowest BCUT2D eigenvalue weighted by Gasteiger charge is -2.34. The van der Waals surface area contributed by atoms with Crippen LogP contribution in [0.4, 0.5) is 10.2 Å². The zero-order chi connectivity index (χ0) is 17.1. The molecule has 0 unspecified atom stereocenters. The number of phenolic OH excluding ortho intramolecular Hbond substituents is 1. The number of aromatic hydroxyl groups is 1. The van der Waals surface area contributed by atoms with E-state index in [1.165, 1.54) is 6.07 Å². The number of hydrogen-bond donors (Lipinski definition) is 1. The molecule has 24 heavy (non-hydrogen) atoms. The number of benzene rings is 1. The fourth-order valence-corrected chi connectivity index (χ4v) is 3.15. The van der Waals surface area contributed by atoms with Gasteiger partial charge in [-0.1, -0.05) is 12.8 Å². The van der Waals surface area contributed by atoms with E-state index in [-0.39, 0.29) is 11.8 Å². The summed E-state index contributed by atoms with van der Waals surface area (Å²) in [5.41, 5.74) is 1.40. The largest absolute Gasteiger partial charge is 0.507 e. The smallest absolute Gasteiger partial charge is 0.151 e. The first-order valence-corrected chi connectivity index (χ1v) is 8.04. The van der Waals surface area contributed by atoms with Gasteiger partial charge in [-0.15, -0.1) is 10.2 Å². The van der Waals surface area contributed by atoms with Gasteiger partial charge in [0.15, 0.2) is 5.82 Å². The van der Waals surface area contributed by atoms with Crippen molar-refractivity contribution in [2.24, 2.45) is 0 Å². The van der Waals surface area contributed by atoms with Crippen molar-refractivity contribution in [2.45, 2.75) is 37.9 Å². The van der Waals surface area contributed by atoms with Gasteiger partial charge in [-0.3, -0.25) is 0 Å². The van der Waals surface area contributed by atoms with Crippen LogP contribution in [0.1, 0.15) is 31.2 Å². The number of aromatic nitrogens is 2. The molecule has 1 saturated carbocycles. The first kappa shape index (κ1) is 16.2. The first-order valence-electron chi connectivity index (χ1n) is 8.04. The van der Waals surface area contributed by atoms with E-state index in [1.807, 2.05) is 18.0 Å². The van der Waals surface area contributed by atoms with E-state index < -0.39 is 6.17 Å². The molecule has 1 N–H and O–H groups in total. The standard InChI is InChI=1S/C18H19FN4O/c1-23(16-5-3-2-4-14(16)19)18-9-8-15(21-22-18)13-7-6-12(11-20)10-17(13)24/h6-10,14,16,24H,2-5H2,1H3/t14-,16+/m0/s1. The summed E-state index contributed by atoms with van der Waals surface area (Å²) >= 11 is 0. The van der Waals surface area contributed by atoms with E-state index in [0.717, 1.165) is 19.3 Å². The molecule has 2 atom stereocenters. The molecular weight excluding hydrogens is 307 g/mol. The summed E-state index contributed by atoms with van der Waals surface area (Å²) in [5.74, 6) is 0.599. The summed E-state index contributed by atoms with van der Waals surface area (Å²) in [7, 11) is 1.84. The highest BCUT2D eigenvalue weighted by molar-refractivity contribution is 5.68. The molecule has 0 bridgehead atoms. The molecule has 1 aliphatic carbocycles. The maximum Gasteiger partial charge on any atom is 0.151 e. The van der Waals surface area contributed by atoms with Crippen LogP contribution in [-0.4, -0.2) is 34.6 Å². The summed E-state index contributed by atoms with van der Waals surface area (Å²) in [5, 5.41) is 27.2. The van der Waals surface area contributed by atoms with Crippen molar-refractivity contribution in [3.8, 4) is 23.1 Å². The second kappa shape index (κ2) is 6.83. The van der Waals surface area contributed by atoms with Crippen molar-refractivity contribution in [3.05, 3.63) is 35.9 Å². The Bertz CT molecular complexity index is 757. The van der Waals surface area contributed by atoms with Crippen molar-refractivity contribution in [2.75, 3.05) is 11.9 Å². The lowest BCUT2D eigenvalue weighted by molar-refractivity contribution is 0.213. The summed E-state index contributed by atoms with van der Waals surface area (Å²) < 4.78 is 14.1. The summed E-state index contributed by atoms with van der Waals surface area (Å²) in [6.45, 7) is 0. The van der Waals surface area contributed by atoms with Gasteiger partial charge >= 0.3 is 0 Å². The minimum absolute atomic E-state index is 0.0134. The van der Waals surface area contributed by atoms with Crippen LogP contribution < -0.4 is 4.90 Å². The molecule has 5 nitrogen and oxygen atoms in total. The topological polar surface area (TPSA) is 73.0 Å². The lowest BCUT2D eigenvalue weighted by Crippen LogP contribution is -2.41. The Labute approximate surface area is 140 Å². The number of phenols is 1. The van der Waals surface area contributed by atoms with Crippen molar-refractivity contribution in [1.82, 2.24) is 10.2 Å². The molecule has 0 saturated heterocycles. The van der Waals surface area contributed by atoms with Crippen LogP contribution in [0.25, 0.3) is 11.3 Å². The molecule has 124 valence electrons. The predicted octanol–water partition coefficient (Wildman–Crippen LogP) is 3.44. The summed E-state index contributed by atoms with van der Waals surface area (Å²) in [6.07, 6.45) is 2.54. The first-order chi connectivity index (χ1) is 11.6. The Kier molecular flexibility index (Phi) is 4.61. The maximum absolute atomic E-state index is 14.1. The van der Waals surface area contributed by atoms with Crippen molar-refractivity contribution in [1.29, 1.82) is 5.26 Å². The minimum atomic E-state index is -0.840. The van der Waals surface area contributed by atoms with E-state index in [2.05, 4.69) is 10.2 Å². The molecule has 0 amide bonds. The average molecular weight is 326 g/mol. The zero-order valence-electron chi connectivity index (χ0n) is 13.5. The van der Waals surface area contributed by atoms with E-state index in [9.17, 15) is 9.50 Å². The highest BCUT2D eigenvalue weighted by Crippen LogP contribution is 2.30. The van der Waals surface area contributed by atoms with Gasteiger partial charge in [0.05, 0.1) is 23.4 Å². The molecule has 1 aromatic carbocycles. The molecule has 0 radical (unpaired) electrons. The third kappa shape index (κ3) is 3.16. The van der Waals surface area contributed by atoms with Crippen LogP contribution in [0, 0.1) is 11.3 Å². The van der Waals surface area contributed by atoms with Crippen LogP contribution >= 0.6 is 0 Å². The van der Waals surface area contributed by atoms with Gasteiger partial charge in [-0.2, -0.15) is 5.26 Å². The van der Waals surface area contributed by atoms with Crippen LogP contribution in [-0.2, 0) is 0 Å². The van der Waals surface area contributed by atoms with Gasteiger partial charge in [-0.05, 0) is 43.2 Å². The number of alkyl halides is 1. The molecule has 2 aromatic rings. The Hall–Kier alpha value is -2.68. The quantitative estimate of drug-likeness (QED) is 0.935. The van der Waals surface area contributed by atoms with E-state index >= 15 is 0 Å². The molecular formula is C18H19FN4O. The van der Waals surface area contributed by atoms with E-state index in [1.54, 1.807) is 24.3 Å². The van der Waals surface area contributed by atoms with Crippen molar-refractivity contribution < 1.29 is 9.50 Å². The summed E-state index contributed by atoms with van der Waals surface area (Å²) in [6, 6.07) is 9.99. The molecule has 0 spiro atoms. The summed E-state index contributed by atoms with van der Waals surface area (Å²) in [4.78, 5) is 1.85. The van der Waals surface area contributed by atoms with Crippen molar-refractivity contribution >= 4 is 5.82 Å². The third-order valence-corrected chi connectivity index (χ3v) is 4.56. The molecule has 1 aliphatic rings. The average Bonchev–Trinajstić information content (AvgIpc) is 2.61. The van der Waals surface area contributed by atoms with Crippen LogP contribution in [0.15, 0.2) is 30.3 Å². The van der Waals surface area contributed by atoms with E-state index in [0.29, 0.717) is 29.1 Å². The Morgan fingerprint density at radius 1 is 1.21 bits per heavy atom. The van der Waals surface area contributed by atoms with E-state index in [4.69, 9.17) is 5.26 Å². The number of nitriles is 1. The van der Waals surface area contributed by atoms with Crippen LogP contribution in [0.5, 0.6) is 5.75 Å². The van der Waals surface area contributed by atoms with Gasteiger partial charge in [0.2, 0.25) is 0 Å². The SMILES string of the molecule is CN(c1ccc(-c2ccc(C#N)cc2O)nn1)[C@@H]1CCCC[C@@H]1F. The zero-order valence-corrected chi connectivity index (χ0v) is 13.5. The minimum Gasteiger partial charge on any atom is -0.507 e. The Morgan fingerprint density at radius 3 is 2.62 bits per heavy atom. The van der Waals surface area contributed by atoms with Gasteiger partial charge in [0.1, 0.15) is 11.9 Å². The fourth-order valence-electron chi connectivity index (χ4n) is 3.15. The molecule has 1 heterocycles. The van der Waals surface area contributed by atoms with Gasteiger partial charge < -0.3 is 10.0 Å². The molecule has 1 aromatic heterocycles. The highest BCUT2D eigenvalue weighted by atomic mass is 19.1. The number of hydrogen-bond acceptors (Lipinski definition) is 5. The monoisotopic (exact) mass is 326 g/mol. The van der Waals surface area contributed by atoms with Gasteiger partial charge in [0.25, 0.3) is 0 Å². The molecule has 0 aliphatic heterocycles. The third-order valence-electron chi connectivity index (χ3n) is 4.56.